The third-order valence-corrected chi connectivity index (χ3v) is 6.27. The highest BCUT2D eigenvalue weighted by Gasteiger charge is 2.35. The summed E-state index contributed by atoms with van der Waals surface area (Å²) in [5, 5.41) is 0.688. The topological polar surface area (TPSA) is 66.7 Å². The monoisotopic (exact) mass is 369 g/mol. The molecule has 2 heterocycles. The van der Waals surface area contributed by atoms with E-state index in [0.717, 1.165) is 11.3 Å². The SMILES string of the molecule is CN(C)S(=O)(=O)N1CCC(c2ncc(Cc3cccc(Cl)c3)o2)C1. The second kappa shape index (κ2) is 6.84. The molecule has 3 rings (SSSR count). The molecule has 0 spiro atoms. The Kier molecular flexibility index (Phi) is 4.96. The molecule has 1 aromatic heterocycles. The second-order valence-electron chi connectivity index (χ2n) is 6.11. The fraction of sp³-hybridized carbons (Fsp3) is 0.438. The van der Waals surface area contributed by atoms with Crippen LogP contribution >= 0.6 is 11.6 Å². The maximum absolute atomic E-state index is 12.2. The molecule has 0 saturated carbocycles. The minimum absolute atomic E-state index is 0.00663. The van der Waals surface area contributed by atoms with E-state index < -0.39 is 10.2 Å². The fourth-order valence-electron chi connectivity index (χ4n) is 2.81. The molecule has 1 atom stereocenters. The zero-order chi connectivity index (χ0) is 17.3. The lowest BCUT2D eigenvalue weighted by atomic mass is 10.1. The van der Waals surface area contributed by atoms with Crippen molar-refractivity contribution in [3.8, 4) is 0 Å². The third kappa shape index (κ3) is 3.64. The van der Waals surface area contributed by atoms with Gasteiger partial charge in [0, 0.05) is 38.6 Å². The normalized spacial score (nSPS) is 19.2. The molecule has 1 aromatic carbocycles. The number of rotatable bonds is 5. The molecule has 1 aliphatic heterocycles. The van der Waals surface area contributed by atoms with Crippen LogP contribution in [0.2, 0.25) is 5.02 Å². The maximum Gasteiger partial charge on any atom is 0.281 e. The molecule has 6 nitrogen and oxygen atoms in total. The van der Waals surface area contributed by atoms with E-state index in [1.807, 2.05) is 24.3 Å². The zero-order valence-corrected chi connectivity index (χ0v) is 15.2. The highest BCUT2D eigenvalue weighted by Crippen LogP contribution is 2.29. The molecule has 2 aromatic rings. The van der Waals surface area contributed by atoms with Crippen LogP contribution in [0.3, 0.4) is 0 Å². The first-order valence-corrected chi connectivity index (χ1v) is 9.50. The van der Waals surface area contributed by atoms with Gasteiger partial charge in [-0.1, -0.05) is 23.7 Å². The number of hydrogen-bond donors (Lipinski definition) is 0. The van der Waals surface area contributed by atoms with E-state index in [2.05, 4.69) is 4.98 Å². The molecule has 8 heteroatoms. The molecule has 1 saturated heterocycles. The Balaban J connectivity index is 1.68. The van der Waals surface area contributed by atoms with Gasteiger partial charge in [-0.25, -0.2) is 4.98 Å². The molecule has 0 N–H and O–H groups in total. The Morgan fingerprint density at radius 1 is 1.42 bits per heavy atom. The van der Waals surface area contributed by atoms with Gasteiger partial charge in [0.25, 0.3) is 10.2 Å². The largest absolute Gasteiger partial charge is 0.445 e. The minimum atomic E-state index is -3.38. The van der Waals surface area contributed by atoms with E-state index in [9.17, 15) is 8.42 Å². The van der Waals surface area contributed by atoms with Gasteiger partial charge in [-0.2, -0.15) is 17.0 Å². The molecular formula is C16H20ClN3O3S. The van der Waals surface area contributed by atoms with E-state index >= 15 is 0 Å². The summed E-state index contributed by atoms with van der Waals surface area (Å²) >= 11 is 5.99. The third-order valence-electron chi connectivity index (χ3n) is 4.13. The van der Waals surface area contributed by atoms with E-state index in [-0.39, 0.29) is 5.92 Å². The molecule has 0 aliphatic carbocycles. The van der Waals surface area contributed by atoms with Gasteiger partial charge in [0.05, 0.1) is 12.1 Å². The van der Waals surface area contributed by atoms with Gasteiger partial charge in [0.1, 0.15) is 5.76 Å². The molecule has 1 unspecified atom stereocenters. The van der Waals surface area contributed by atoms with Crippen LogP contribution < -0.4 is 0 Å². The number of oxazole rings is 1. The summed E-state index contributed by atoms with van der Waals surface area (Å²) in [6.07, 6.45) is 3.03. The zero-order valence-electron chi connectivity index (χ0n) is 13.6. The highest BCUT2D eigenvalue weighted by atomic mass is 35.5. The summed E-state index contributed by atoms with van der Waals surface area (Å²) in [7, 11) is -0.304. The van der Waals surface area contributed by atoms with Crippen molar-refractivity contribution < 1.29 is 12.8 Å². The molecule has 0 amide bonds. The number of nitrogens with zero attached hydrogens (tertiary/aromatic N) is 3. The number of hydrogen-bond acceptors (Lipinski definition) is 4. The minimum Gasteiger partial charge on any atom is -0.445 e. The van der Waals surface area contributed by atoms with Gasteiger partial charge < -0.3 is 4.42 Å². The van der Waals surface area contributed by atoms with Crippen molar-refractivity contribution in [2.45, 2.75) is 18.8 Å². The second-order valence-corrected chi connectivity index (χ2v) is 8.68. The van der Waals surface area contributed by atoms with E-state index in [1.54, 1.807) is 6.20 Å². The molecule has 24 heavy (non-hydrogen) atoms. The van der Waals surface area contributed by atoms with Crippen molar-refractivity contribution in [2.24, 2.45) is 0 Å². The summed E-state index contributed by atoms with van der Waals surface area (Å²) in [4.78, 5) is 4.34. The van der Waals surface area contributed by atoms with Crippen LogP contribution in [-0.2, 0) is 16.6 Å². The molecular weight excluding hydrogens is 350 g/mol. The van der Waals surface area contributed by atoms with E-state index in [1.165, 1.54) is 22.7 Å². The standard InChI is InChI=1S/C16H20ClN3O3S/c1-19(2)24(21,22)20-7-6-13(11-20)16-18-10-15(23-16)9-12-4-3-5-14(17)8-12/h3-5,8,10,13H,6-7,9,11H2,1-2H3. The predicted octanol–water partition coefficient (Wildman–Crippen LogP) is 2.51. The summed E-state index contributed by atoms with van der Waals surface area (Å²) in [5.41, 5.74) is 1.05. The van der Waals surface area contributed by atoms with Crippen LogP contribution in [0.5, 0.6) is 0 Å². The van der Waals surface area contributed by atoms with Gasteiger partial charge in [-0.05, 0) is 24.1 Å². The Labute approximate surface area is 147 Å². The lowest BCUT2D eigenvalue weighted by Gasteiger charge is -2.20. The predicted molar refractivity (Wildman–Crippen MR) is 92.3 cm³/mol. The Bertz CT molecular complexity index is 819. The Hall–Kier alpha value is -1.41. The van der Waals surface area contributed by atoms with Crippen molar-refractivity contribution in [3.63, 3.8) is 0 Å². The van der Waals surface area contributed by atoms with Gasteiger partial charge in [0.15, 0.2) is 5.89 Å². The van der Waals surface area contributed by atoms with Crippen molar-refractivity contribution >= 4 is 21.8 Å². The molecule has 0 bridgehead atoms. The van der Waals surface area contributed by atoms with Crippen LogP contribution in [0, 0.1) is 0 Å². The summed E-state index contributed by atoms with van der Waals surface area (Å²) in [5.74, 6) is 1.34. The first-order valence-electron chi connectivity index (χ1n) is 7.73. The van der Waals surface area contributed by atoms with Crippen LogP contribution in [0.25, 0.3) is 0 Å². The smallest absolute Gasteiger partial charge is 0.281 e. The maximum atomic E-state index is 12.2. The Morgan fingerprint density at radius 3 is 2.92 bits per heavy atom. The molecule has 1 aliphatic rings. The fourth-order valence-corrected chi connectivity index (χ4v) is 4.19. The highest BCUT2D eigenvalue weighted by molar-refractivity contribution is 7.86. The van der Waals surface area contributed by atoms with Crippen LogP contribution in [0.4, 0.5) is 0 Å². The number of halogens is 1. The van der Waals surface area contributed by atoms with E-state index in [4.69, 9.17) is 16.0 Å². The first-order chi connectivity index (χ1) is 11.4. The number of aromatic nitrogens is 1. The quantitative estimate of drug-likeness (QED) is 0.812. The summed E-state index contributed by atoms with van der Waals surface area (Å²) in [6, 6.07) is 7.60. The molecule has 0 radical (unpaired) electrons. The van der Waals surface area contributed by atoms with Gasteiger partial charge in [0.2, 0.25) is 0 Å². The summed E-state index contributed by atoms with van der Waals surface area (Å²) in [6.45, 7) is 0.884. The lowest BCUT2D eigenvalue weighted by Crippen LogP contribution is -2.38. The van der Waals surface area contributed by atoms with Crippen LogP contribution in [0.1, 0.15) is 29.6 Å². The van der Waals surface area contributed by atoms with E-state index in [0.29, 0.717) is 36.8 Å². The Morgan fingerprint density at radius 2 is 2.21 bits per heavy atom. The van der Waals surface area contributed by atoms with Crippen LogP contribution in [-0.4, -0.2) is 49.2 Å². The van der Waals surface area contributed by atoms with Crippen molar-refractivity contribution in [1.82, 2.24) is 13.6 Å². The van der Waals surface area contributed by atoms with Crippen molar-refractivity contribution in [1.29, 1.82) is 0 Å². The number of benzene rings is 1. The first kappa shape index (κ1) is 17.4. The van der Waals surface area contributed by atoms with Gasteiger partial charge >= 0.3 is 0 Å². The summed E-state index contributed by atoms with van der Waals surface area (Å²) < 4.78 is 32.9. The van der Waals surface area contributed by atoms with Gasteiger partial charge in [-0.15, -0.1) is 0 Å². The molecule has 130 valence electrons. The average molecular weight is 370 g/mol. The van der Waals surface area contributed by atoms with Crippen molar-refractivity contribution in [3.05, 3.63) is 52.7 Å². The van der Waals surface area contributed by atoms with Crippen LogP contribution in [0.15, 0.2) is 34.9 Å². The van der Waals surface area contributed by atoms with Gasteiger partial charge in [-0.3, -0.25) is 0 Å². The van der Waals surface area contributed by atoms with Crippen molar-refractivity contribution in [2.75, 3.05) is 27.2 Å². The molecule has 1 fully saturated rings. The lowest BCUT2D eigenvalue weighted by molar-refractivity contribution is 0.400. The average Bonchev–Trinajstić information content (AvgIpc) is 3.16.